The third-order valence-corrected chi connectivity index (χ3v) is 3.73. The number of anilines is 1. The summed E-state index contributed by atoms with van der Waals surface area (Å²) in [6.07, 6.45) is 0. The number of nitriles is 1. The zero-order valence-electron chi connectivity index (χ0n) is 10.5. The smallest absolute Gasteiger partial charge is 0.345 e. The van der Waals surface area contributed by atoms with Gasteiger partial charge in [0.1, 0.15) is 4.88 Å². The molecule has 1 heterocycles. The van der Waals surface area contributed by atoms with Crippen molar-refractivity contribution in [2.75, 3.05) is 5.32 Å². The summed E-state index contributed by atoms with van der Waals surface area (Å²) in [5.74, 6) is -1.45. The lowest BCUT2D eigenvalue weighted by atomic mass is 10.1. The quantitative estimate of drug-likeness (QED) is 0.907. The first-order valence-electron chi connectivity index (χ1n) is 5.66. The average Bonchev–Trinajstić information content (AvgIpc) is 2.91. The molecule has 20 heavy (non-hydrogen) atoms. The van der Waals surface area contributed by atoms with E-state index in [1.54, 1.807) is 18.2 Å². The fourth-order valence-corrected chi connectivity index (χ4v) is 2.33. The Morgan fingerprint density at radius 1 is 1.25 bits per heavy atom. The van der Waals surface area contributed by atoms with Gasteiger partial charge in [0.15, 0.2) is 0 Å². The first kappa shape index (κ1) is 13.8. The monoisotopic (exact) mass is 286 g/mol. The summed E-state index contributed by atoms with van der Waals surface area (Å²) in [6, 6.07) is 9.84. The van der Waals surface area contributed by atoms with E-state index in [2.05, 4.69) is 5.32 Å². The predicted octanol–water partition coefficient (Wildman–Crippen LogP) is 2.88. The number of benzene rings is 1. The van der Waals surface area contributed by atoms with Crippen molar-refractivity contribution in [2.24, 2.45) is 0 Å². The van der Waals surface area contributed by atoms with E-state index >= 15 is 0 Å². The maximum absolute atomic E-state index is 12.0. The zero-order chi connectivity index (χ0) is 14.7. The van der Waals surface area contributed by atoms with Gasteiger partial charge in [-0.25, -0.2) is 4.79 Å². The molecule has 0 bridgehead atoms. The molecule has 2 N–H and O–H groups in total. The number of rotatable bonds is 3. The first-order valence-corrected chi connectivity index (χ1v) is 6.48. The molecule has 0 fully saturated rings. The van der Waals surface area contributed by atoms with Crippen LogP contribution >= 0.6 is 11.3 Å². The second kappa shape index (κ2) is 5.55. The normalized spacial score (nSPS) is 9.80. The number of carbonyl (C=O) groups excluding carboxylic acids is 1. The third-order valence-electron chi connectivity index (χ3n) is 2.66. The minimum atomic E-state index is -1.06. The van der Waals surface area contributed by atoms with Crippen molar-refractivity contribution in [3.8, 4) is 6.07 Å². The minimum Gasteiger partial charge on any atom is -0.477 e. The second-order valence-electron chi connectivity index (χ2n) is 4.06. The second-order valence-corrected chi connectivity index (χ2v) is 5.15. The maximum atomic E-state index is 12.0. The molecule has 5 nitrogen and oxygen atoms in total. The number of hydrogen-bond acceptors (Lipinski definition) is 4. The van der Waals surface area contributed by atoms with Crippen molar-refractivity contribution in [2.45, 2.75) is 6.92 Å². The van der Waals surface area contributed by atoms with Crippen LogP contribution in [0.25, 0.3) is 0 Å². The van der Waals surface area contributed by atoms with E-state index in [4.69, 9.17) is 10.4 Å². The Balaban J connectivity index is 2.23. The Hall–Kier alpha value is -2.65. The molecule has 2 rings (SSSR count). The molecule has 6 heteroatoms. The SMILES string of the molecule is Cc1ccc(C#N)cc1NC(=O)c1ccc(C(=O)O)s1. The number of amides is 1. The summed E-state index contributed by atoms with van der Waals surface area (Å²) in [5.41, 5.74) is 1.81. The number of hydrogen-bond donors (Lipinski definition) is 2. The van der Waals surface area contributed by atoms with Crippen LogP contribution < -0.4 is 5.32 Å². The number of nitrogens with one attached hydrogen (secondary N) is 1. The number of carboxylic acid groups (broad SMARTS) is 1. The van der Waals surface area contributed by atoms with Gasteiger partial charge >= 0.3 is 5.97 Å². The molecule has 0 aliphatic rings. The molecule has 0 unspecified atom stereocenters. The fraction of sp³-hybridized carbons (Fsp3) is 0.0714. The third kappa shape index (κ3) is 2.84. The molecule has 2 aromatic rings. The number of aromatic carboxylic acids is 1. The van der Waals surface area contributed by atoms with E-state index in [1.165, 1.54) is 12.1 Å². The van der Waals surface area contributed by atoms with Crippen LogP contribution in [0.15, 0.2) is 30.3 Å². The van der Waals surface area contributed by atoms with Gasteiger partial charge in [-0.2, -0.15) is 5.26 Å². The molecule has 1 aromatic heterocycles. The standard InChI is InChI=1S/C14H10N2O3S/c1-8-2-3-9(7-15)6-10(8)16-13(17)11-4-5-12(20-11)14(18)19/h2-6H,1H3,(H,16,17)(H,18,19). The summed E-state index contributed by atoms with van der Waals surface area (Å²) in [7, 11) is 0. The molecule has 1 amide bonds. The Morgan fingerprint density at radius 3 is 2.55 bits per heavy atom. The van der Waals surface area contributed by atoms with Gasteiger partial charge in [0.25, 0.3) is 5.91 Å². The van der Waals surface area contributed by atoms with Gasteiger partial charge in [-0.05, 0) is 36.8 Å². The Morgan fingerprint density at radius 2 is 1.95 bits per heavy atom. The molecule has 100 valence electrons. The van der Waals surface area contributed by atoms with Gasteiger partial charge in [0, 0.05) is 5.69 Å². The lowest BCUT2D eigenvalue weighted by Gasteiger charge is -2.07. The molecule has 1 aromatic carbocycles. The molecule has 0 saturated heterocycles. The van der Waals surface area contributed by atoms with Gasteiger partial charge in [-0.15, -0.1) is 11.3 Å². The lowest BCUT2D eigenvalue weighted by molar-refractivity contribution is 0.0702. The number of carboxylic acids is 1. The van der Waals surface area contributed by atoms with Crippen LogP contribution in [0.3, 0.4) is 0 Å². The number of carbonyl (C=O) groups is 2. The van der Waals surface area contributed by atoms with Gasteiger partial charge in [0.05, 0.1) is 16.5 Å². The highest BCUT2D eigenvalue weighted by Gasteiger charge is 2.14. The summed E-state index contributed by atoms with van der Waals surface area (Å²) in [5, 5.41) is 20.3. The Kier molecular flexibility index (Phi) is 3.82. The average molecular weight is 286 g/mol. The van der Waals surface area contributed by atoms with E-state index in [9.17, 15) is 9.59 Å². The maximum Gasteiger partial charge on any atom is 0.345 e. The van der Waals surface area contributed by atoms with E-state index in [-0.39, 0.29) is 10.8 Å². The molecule has 0 atom stereocenters. The molecule has 0 radical (unpaired) electrons. The van der Waals surface area contributed by atoms with Crippen LogP contribution in [-0.2, 0) is 0 Å². The molecule has 0 spiro atoms. The highest BCUT2D eigenvalue weighted by atomic mass is 32.1. The van der Waals surface area contributed by atoms with Crippen LogP contribution in [-0.4, -0.2) is 17.0 Å². The predicted molar refractivity (Wildman–Crippen MR) is 75.1 cm³/mol. The number of aryl methyl sites for hydroxylation is 1. The van der Waals surface area contributed by atoms with Crippen LogP contribution in [0.5, 0.6) is 0 Å². The van der Waals surface area contributed by atoms with Gasteiger partial charge in [-0.1, -0.05) is 6.07 Å². The summed E-state index contributed by atoms with van der Waals surface area (Å²) < 4.78 is 0. The molecule has 0 aliphatic heterocycles. The van der Waals surface area contributed by atoms with Crippen molar-refractivity contribution < 1.29 is 14.7 Å². The van der Waals surface area contributed by atoms with Crippen molar-refractivity contribution in [3.63, 3.8) is 0 Å². The topological polar surface area (TPSA) is 90.2 Å². The summed E-state index contributed by atoms with van der Waals surface area (Å²) >= 11 is 0.908. The van der Waals surface area contributed by atoms with Crippen molar-refractivity contribution in [3.05, 3.63) is 51.2 Å². The van der Waals surface area contributed by atoms with Crippen molar-refractivity contribution >= 4 is 28.9 Å². The zero-order valence-corrected chi connectivity index (χ0v) is 11.3. The van der Waals surface area contributed by atoms with Crippen LogP contribution in [0.1, 0.15) is 30.5 Å². The fourth-order valence-electron chi connectivity index (χ4n) is 1.58. The first-order chi connectivity index (χ1) is 9.51. The Bertz CT molecular complexity index is 728. The molecule has 0 aliphatic carbocycles. The van der Waals surface area contributed by atoms with E-state index in [1.807, 2.05) is 13.0 Å². The molecular formula is C14H10N2O3S. The van der Waals surface area contributed by atoms with Crippen molar-refractivity contribution in [1.82, 2.24) is 0 Å². The largest absolute Gasteiger partial charge is 0.477 e. The van der Waals surface area contributed by atoms with Crippen LogP contribution in [0.2, 0.25) is 0 Å². The lowest BCUT2D eigenvalue weighted by Crippen LogP contribution is -2.11. The molecular weight excluding hydrogens is 276 g/mol. The van der Waals surface area contributed by atoms with Crippen molar-refractivity contribution in [1.29, 1.82) is 5.26 Å². The van der Waals surface area contributed by atoms with Gasteiger partial charge in [0.2, 0.25) is 0 Å². The summed E-state index contributed by atoms with van der Waals surface area (Å²) in [6.45, 7) is 1.81. The van der Waals surface area contributed by atoms with E-state index < -0.39 is 5.97 Å². The Labute approximate surface area is 119 Å². The van der Waals surface area contributed by atoms with Gasteiger partial charge in [-0.3, -0.25) is 4.79 Å². The van der Waals surface area contributed by atoms with E-state index in [0.29, 0.717) is 16.1 Å². The minimum absolute atomic E-state index is 0.109. The highest BCUT2D eigenvalue weighted by Crippen LogP contribution is 2.21. The van der Waals surface area contributed by atoms with E-state index in [0.717, 1.165) is 16.9 Å². The number of thiophene rings is 1. The van der Waals surface area contributed by atoms with Crippen LogP contribution in [0.4, 0.5) is 5.69 Å². The number of nitrogens with zero attached hydrogens (tertiary/aromatic N) is 1. The highest BCUT2D eigenvalue weighted by molar-refractivity contribution is 7.15. The summed E-state index contributed by atoms with van der Waals surface area (Å²) in [4.78, 5) is 23.2. The van der Waals surface area contributed by atoms with Gasteiger partial charge < -0.3 is 10.4 Å². The van der Waals surface area contributed by atoms with Crippen LogP contribution in [0, 0.1) is 18.3 Å². The molecule has 0 saturated carbocycles.